The molecule has 0 unspecified atom stereocenters. The van der Waals surface area contributed by atoms with Crippen LogP contribution in [-0.4, -0.2) is 29.2 Å². The van der Waals surface area contributed by atoms with Crippen molar-refractivity contribution in [2.45, 2.75) is 25.3 Å². The van der Waals surface area contributed by atoms with Crippen LogP contribution in [0.1, 0.15) is 36.4 Å². The smallest absolute Gasteiger partial charge is 0.229 e. The van der Waals surface area contributed by atoms with E-state index in [9.17, 15) is 14.4 Å². The highest BCUT2D eigenvalue weighted by Crippen LogP contribution is 2.23. The number of imide groups is 1. The van der Waals surface area contributed by atoms with Gasteiger partial charge in [0.1, 0.15) is 0 Å². The third kappa shape index (κ3) is 4.29. The van der Waals surface area contributed by atoms with Crippen LogP contribution in [0.3, 0.4) is 0 Å². The van der Waals surface area contributed by atoms with Crippen molar-refractivity contribution in [1.82, 2.24) is 10.2 Å². The molecule has 26 heavy (non-hydrogen) atoms. The number of likely N-dealkylation sites (tertiary alicyclic amines) is 1. The molecule has 0 radical (unpaired) electrons. The summed E-state index contributed by atoms with van der Waals surface area (Å²) in [5, 5.41) is 3.61. The molecule has 1 aliphatic heterocycles. The molecule has 0 saturated carbocycles. The summed E-state index contributed by atoms with van der Waals surface area (Å²) in [6, 6.07) is 16.6. The second-order valence-electron chi connectivity index (χ2n) is 6.15. The van der Waals surface area contributed by atoms with Gasteiger partial charge in [-0.3, -0.25) is 19.3 Å². The predicted octanol–water partition coefficient (Wildman–Crippen LogP) is 3.08. The number of nitrogens with zero attached hydrogens (tertiary/aromatic N) is 1. The molecule has 1 saturated heterocycles. The molecule has 0 spiro atoms. The fourth-order valence-corrected chi connectivity index (χ4v) is 3.10. The van der Waals surface area contributed by atoms with Gasteiger partial charge >= 0.3 is 0 Å². The van der Waals surface area contributed by atoms with Crippen LogP contribution < -0.4 is 5.32 Å². The number of rotatable bonds is 6. The molecular weight excluding hydrogens is 352 g/mol. The van der Waals surface area contributed by atoms with Crippen molar-refractivity contribution >= 4 is 29.3 Å². The van der Waals surface area contributed by atoms with E-state index in [-0.39, 0.29) is 49.6 Å². The minimum Gasteiger partial charge on any atom is -0.345 e. The molecule has 3 amide bonds. The number of hydrogen-bond acceptors (Lipinski definition) is 3. The first-order valence-corrected chi connectivity index (χ1v) is 8.85. The molecule has 1 atom stereocenters. The minimum absolute atomic E-state index is 0.0778. The van der Waals surface area contributed by atoms with E-state index in [0.717, 1.165) is 11.1 Å². The van der Waals surface area contributed by atoms with Gasteiger partial charge in [-0.05, 0) is 23.3 Å². The second kappa shape index (κ2) is 8.15. The van der Waals surface area contributed by atoms with E-state index in [1.165, 1.54) is 4.90 Å². The lowest BCUT2D eigenvalue weighted by atomic mass is 9.98. The van der Waals surface area contributed by atoms with Gasteiger partial charge in [0.25, 0.3) is 0 Å². The molecule has 0 bridgehead atoms. The second-order valence-corrected chi connectivity index (χ2v) is 6.59. The Labute approximate surface area is 156 Å². The first kappa shape index (κ1) is 18.1. The SMILES string of the molecule is O=C(CCN1C(=O)CCC1=O)N[C@@H](c1ccccc1)c1ccc(Cl)cc1. The van der Waals surface area contributed by atoms with Crippen molar-refractivity contribution < 1.29 is 14.4 Å². The predicted molar refractivity (Wildman–Crippen MR) is 98.5 cm³/mol. The highest BCUT2D eigenvalue weighted by atomic mass is 35.5. The van der Waals surface area contributed by atoms with Crippen molar-refractivity contribution in [1.29, 1.82) is 0 Å². The Balaban J connectivity index is 1.71. The Bertz CT molecular complexity index is 790. The summed E-state index contributed by atoms with van der Waals surface area (Å²) in [5.74, 6) is -0.637. The molecule has 6 heteroatoms. The van der Waals surface area contributed by atoms with Gasteiger partial charge in [-0.15, -0.1) is 0 Å². The van der Waals surface area contributed by atoms with Gasteiger partial charge in [0.05, 0.1) is 6.04 Å². The van der Waals surface area contributed by atoms with Crippen LogP contribution in [0.4, 0.5) is 0 Å². The summed E-state index contributed by atoms with van der Waals surface area (Å²) in [7, 11) is 0. The van der Waals surface area contributed by atoms with E-state index in [0.29, 0.717) is 5.02 Å². The Hall–Kier alpha value is -2.66. The van der Waals surface area contributed by atoms with Gasteiger partial charge in [0.15, 0.2) is 0 Å². The molecular formula is C20H19ClN2O3. The van der Waals surface area contributed by atoms with E-state index < -0.39 is 0 Å². The number of benzene rings is 2. The molecule has 2 aromatic carbocycles. The van der Waals surface area contributed by atoms with Crippen LogP contribution >= 0.6 is 11.6 Å². The molecule has 134 valence electrons. The van der Waals surface area contributed by atoms with Gasteiger partial charge in [-0.25, -0.2) is 0 Å². The van der Waals surface area contributed by atoms with Crippen LogP contribution in [0.5, 0.6) is 0 Å². The Morgan fingerprint density at radius 1 is 0.962 bits per heavy atom. The van der Waals surface area contributed by atoms with Crippen LogP contribution in [0.15, 0.2) is 54.6 Å². The van der Waals surface area contributed by atoms with E-state index in [4.69, 9.17) is 11.6 Å². The normalized spacial score (nSPS) is 15.2. The average molecular weight is 371 g/mol. The summed E-state index contributed by atoms with van der Waals surface area (Å²) < 4.78 is 0. The zero-order valence-corrected chi connectivity index (χ0v) is 14.9. The molecule has 3 rings (SSSR count). The fraction of sp³-hybridized carbons (Fsp3) is 0.250. The van der Waals surface area contributed by atoms with Crippen molar-refractivity contribution in [3.8, 4) is 0 Å². The molecule has 1 heterocycles. The Morgan fingerprint density at radius 3 is 2.15 bits per heavy atom. The first-order chi connectivity index (χ1) is 12.5. The topological polar surface area (TPSA) is 66.5 Å². The average Bonchev–Trinajstić information content (AvgIpc) is 2.97. The van der Waals surface area contributed by atoms with Gasteiger partial charge in [-0.1, -0.05) is 54.1 Å². The van der Waals surface area contributed by atoms with Crippen LogP contribution in [-0.2, 0) is 14.4 Å². The fourth-order valence-electron chi connectivity index (χ4n) is 2.98. The molecule has 0 aliphatic carbocycles. The molecule has 1 aliphatic rings. The zero-order valence-electron chi connectivity index (χ0n) is 14.2. The maximum Gasteiger partial charge on any atom is 0.229 e. The number of carbonyl (C=O) groups is 3. The Morgan fingerprint density at radius 2 is 1.54 bits per heavy atom. The number of nitrogens with one attached hydrogen (secondary N) is 1. The highest BCUT2D eigenvalue weighted by molar-refractivity contribution is 6.30. The minimum atomic E-state index is -0.328. The standard InChI is InChI=1S/C20H19ClN2O3/c21-16-8-6-15(7-9-16)20(14-4-2-1-3-5-14)22-17(24)12-13-23-18(25)10-11-19(23)26/h1-9,20H,10-13H2,(H,22,24)/t20-/m0/s1. The maximum atomic E-state index is 12.5. The van der Waals surface area contributed by atoms with Gasteiger partial charge in [0.2, 0.25) is 17.7 Å². The lowest BCUT2D eigenvalue weighted by Crippen LogP contribution is -2.35. The van der Waals surface area contributed by atoms with Crippen molar-refractivity contribution in [2.24, 2.45) is 0 Å². The zero-order chi connectivity index (χ0) is 18.5. The molecule has 5 nitrogen and oxygen atoms in total. The first-order valence-electron chi connectivity index (χ1n) is 8.47. The maximum absolute atomic E-state index is 12.5. The number of carbonyl (C=O) groups excluding carboxylic acids is 3. The largest absolute Gasteiger partial charge is 0.345 e. The molecule has 1 N–H and O–H groups in total. The monoisotopic (exact) mass is 370 g/mol. The van der Waals surface area contributed by atoms with E-state index >= 15 is 0 Å². The van der Waals surface area contributed by atoms with E-state index in [2.05, 4.69) is 5.32 Å². The molecule has 0 aromatic heterocycles. The summed E-state index contributed by atoms with van der Waals surface area (Å²) in [4.78, 5) is 36.9. The summed E-state index contributed by atoms with van der Waals surface area (Å²) >= 11 is 5.96. The van der Waals surface area contributed by atoms with E-state index in [1.807, 2.05) is 42.5 Å². The quantitative estimate of drug-likeness (QED) is 0.794. The third-order valence-electron chi connectivity index (χ3n) is 4.36. The van der Waals surface area contributed by atoms with Gasteiger partial charge in [-0.2, -0.15) is 0 Å². The van der Waals surface area contributed by atoms with Crippen molar-refractivity contribution in [2.75, 3.05) is 6.54 Å². The highest BCUT2D eigenvalue weighted by Gasteiger charge is 2.29. The number of hydrogen-bond donors (Lipinski definition) is 1. The van der Waals surface area contributed by atoms with Crippen LogP contribution in [0.2, 0.25) is 5.02 Å². The van der Waals surface area contributed by atoms with Crippen LogP contribution in [0, 0.1) is 0 Å². The number of amides is 3. The van der Waals surface area contributed by atoms with Crippen molar-refractivity contribution in [3.63, 3.8) is 0 Å². The van der Waals surface area contributed by atoms with Crippen LogP contribution in [0.25, 0.3) is 0 Å². The summed E-state index contributed by atoms with van der Waals surface area (Å²) in [6.45, 7) is 0.117. The Kier molecular flexibility index (Phi) is 5.68. The molecule has 2 aromatic rings. The van der Waals surface area contributed by atoms with Crippen molar-refractivity contribution in [3.05, 3.63) is 70.7 Å². The van der Waals surface area contributed by atoms with Gasteiger partial charge in [0, 0.05) is 30.8 Å². The molecule has 1 fully saturated rings. The van der Waals surface area contributed by atoms with E-state index in [1.54, 1.807) is 12.1 Å². The van der Waals surface area contributed by atoms with Gasteiger partial charge < -0.3 is 5.32 Å². The lowest BCUT2D eigenvalue weighted by molar-refractivity contribution is -0.138. The summed E-state index contributed by atoms with van der Waals surface area (Å²) in [6.07, 6.45) is 0.546. The third-order valence-corrected chi connectivity index (χ3v) is 4.61. The summed E-state index contributed by atoms with van der Waals surface area (Å²) in [5.41, 5.74) is 1.85. The lowest BCUT2D eigenvalue weighted by Gasteiger charge is -2.21. The number of halogens is 1.